The van der Waals surface area contributed by atoms with Crippen molar-refractivity contribution in [1.82, 2.24) is 19.9 Å². The van der Waals surface area contributed by atoms with E-state index in [1.165, 1.54) is 5.69 Å². The molecule has 4 heterocycles. The molecule has 2 atom stereocenters. The molecule has 5 rings (SSSR count). The molecule has 2 unspecified atom stereocenters. The summed E-state index contributed by atoms with van der Waals surface area (Å²) in [5.74, 6) is 1.10. The molecule has 1 N–H and O–H groups in total. The molecule has 2 aliphatic rings. The Labute approximate surface area is 151 Å². The van der Waals surface area contributed by atoms with Crippen LogP contribution in [0.2, 0.25) is 0 Å². The molecule has 0 bridgehead atoms. The number of H-pyrrole nitrogens is 1. The molecule has 1 amide bonds. The zero-order chi connectivity index (χ0) is 17.5. The van der Waals surface area contributed by atoms with Crippen LogP contribution in [0.15, 0.2) is 47.5 Å². The fourth-order valence-electron chi connectivity index (χ4n) is 4.42. The third kappa shape index (κ3) is 2.44. The van der Waals surface area contributed by atoms with Crippen LogP contribution in [0.3, 0.4) is 0 Å². The molecule has 0 saturated carbocycles. The topological polar surface area (TPSA) is 75.0 Å². The van der Waals surface area contributed by atoms with Crippen molar-refractivity contribution in [3.05, 3.63) is 60.0 Å². The summed E-state index contributed by atoms with van der Waals surface area (Å²) in [6, 6.07) is 7.53. The van der Waals surface area contributed by atoms with Gasteiger partial charge in [0.1, 0.15) is 5.69 Å². The van der Waals surface area contributed by atoms with E-state index in [2.05, 4.69) is 15.0 Å². The number of carbonyl (C=O) groups excluding carboxylic acids is 1. The van der Waals surface area contributed by atoms with E-state index in [1.54, 1.807) is 24.9 Å². The number of hydrogen-bond donors (Lipinski definition) is 1. The lowest BCUT2D eigenvalue weighted by Crippen LogP contribution is -2.49. The maximum absolute atomic E-state index is 13.3. The lowest BCUT2D eigenvalue weighted by atomic mass is 9.78. The Morgan fingerprint density at radius 1 is 1.27 bits per heavy atom. The largest absolute Gasteiger partial charge is 0.463 e. The maximum atomic E-state index is 13.3. The van der Waals surface area contributed by atoms with Gasteiger partial charge in [0, 0.05) is 36.0 Å². The fourth-order valence-corrected chi connectivity index (χ4v) is 4.42. The van der Waals surface area contributed by atoms with Crippen LogP contribution in [0.25, 0.3) is 11.5 Å². The second kappa shape index (κ2) is 6.12. The molecule has 1 fully saturated rings. The van der Waals surface area contributed by atoms with E-state index in [0.29, 0.717) is 22.9 Å². The van der Waals surface area contributed by atoms with Gasteiger partial charge < -0.3 is 14.3 Å². The first-order valence-electron chi connectivity index (χ1n) is 9.14. The van der Waals surface area contributed by atoms with E-state index in [1.807, 2.05) is 23.1 Å². The van der Waals surface area contributed by atoms with Gasteiger partial charge in [-0.15, -0.1) is 0 Å². The summed E-state index contributed by atoms with van der Waals surface area (Å²) in [6.45, 7) is 0.804. The van der Waals surface area contributed by atoms with Gasteiger partial charge >= 0.3 is 0 Å². The number of aryl methyl sites for hydroxylation is 1. The summed E-state index contributed by atoms with van der Waals surface area (Å²) in [5, 5.41) is 0. The van der Waals surface area contributed by atoms with Gasteiger partial charge in [0.05, 0.1) is 18.3 Å². The Balaban J connectivity index is 1.45. The first-order valence-corrected chi connectivity index (χ1v) is 9.14. The Kier molecular flexibility index (Phi) is 3.62. The number of nitrogens with zero attached hydrogens (tertiary/aromatic N) is 3. The Morgan fingerprint density at radius 3 is 3.12 bits per heavy atom. The van der Waals surface area contributed by atoms with Gasteiger partial charge in [-0.2, -0.15) is 0 Å². The average Bonchev–Trinajstić information content (AvgIpc) is 3.38. The van der Waals surface area contributed by atoms with E-state index < -0.39 is 0 Å². The smallest absolute Gasteiger partial charge is 0.254 e. The van der Waals surface area contributed by atoms with Crippen molar-refractivity contribution < 1.29 is 9.21 Å². The molecule has 26 heavy (non-hydrogen) atoms. The summed E-state index contributed by atoms with van der Waals surface area (Å²) >= 11 is 0. The van der Waals surface area contributed by atoms with Gasteiger partial charge in [0.15, 0.2) is 5.76 Å². The Bertz CT molecular complexity index is 931. The molecule has 132 valence electrons. The third-order valence-corrected chi connectivity index (χ3v) is 5.61. The Hall–Kier alpha value is -2.89. The van der Waals surface area contributed by atoms with Crippen LogP contribution in [0.1, 0.15) is 46.9 Å². The van der Waals surface area contributed by atoms with E-state index in [9.17, 15) is 4.79 Å². The number of aromatic nitrogens is 3. The molecular formula is C20H20N4O2. The quantitative estimate of drug-likeness (QED) is 0.770. The Morgan fingerprint density at radius 2 is 2.23 bits per heavy atom. The van der Waals surface area contributed by atoms with Crippen LogP contribution in [-0.2, 0) is 6.42 Å². The minimum atomic E-state index is 0.0777. The van der Waals surface area contributed by atoms with E-state index >= 15 is 0 Å². The molecule has 3 aromatic rings. The van der Waals surface area contributed by atoms with Crippen LogP contribution in [0, 0.1) is 0 Å². The van der Waals surface area contributed by atoms with E-state index in [0.717, 1.165) is 37.9 Å². The van der Waals surface area contributed by atoms with Gasteiger partial charge in [0.2, 0.25) is 0 Å². The average molecular weight is 348 g/mol. The molecule has 0 radical (unpaired) electrons. The minimum Gasteiger partial charge on any atom is -0.463 e. The number of carbonyl (C=O) groups is 1. The molecule has 6 heteroatoms. The lowest BCUT2D eigenvalue weighted by Gasteiger charge is -2.43. The van der Waals surface area contributed by atoms with Crippen molar-refractivity contribution in [1.29, 1.82) is 0 Å². The molecule has 3 aromatic heterocycles. The first-order chi connectivity index (χ1) is 12.8. The van der Waals surface area contributed by atoms with E-state index in [4.69, 9.17) is 4.42 Å². The van der Waals surface area contributed by atoms with Gasteiger partial charge in [-0.25, -0.2) is 4.98 Å². The summed E-state index contributed by atoms with van der Waals surface area (Å²) in [6.07, 6.45) is 9.13. The van der Waals surface area contributed by atoms with Crippen LogP contribution in [0.4, 0.5) is 0 Å². The normalized spacial score (nSPS) is 21.9. The van der Waals surface area contributed by atoms with Crippen molar-refractivity contribution in [3.63, 3.8) is 0 Å². The summed E-state index contributed by atoms with van der Waals surface area (Å²) < 4.78 is 5.42. The summed E-state index contributed by atoms with van der Waals surface area (Å²) in [4.78, 5) is 27.4. The van der Waals surface area contributed by atoms with Crippen LogP contribution in [-0.4, -0.2) is 38.3 Å². The predicted molar refractivity (Wildman–Crippen MR) is 95.6 cm³/mol. The first kappa shape index (κ1) is 15.4. The molecule has 0 spiro atoms. The number of amides is 1. The number of rotatable bonds is 2. The highest BCUT2D eigenvalue weighted by molar-refractivity contribution is 5.95. The summed E-state index contributed by atoms with van der Waals surface area (Å²) in [5.41, 5.74) is 3.75. The zero-order valence-corrected chi connectivity index (χ0v) is 14.4. The highest BCUT2D eigenvalue weighted by Gasteiger charge is 2.40. The van der Waals surface area contributed by atoms with Crippen molar-refractivity contribution in [2.45, 2.75) is 37.6 Å². The number of furan rings is 1. The van der Waals surface area contributed by atoms with E-state index in [-0.39, 0.29) is 11.9 Å². The van der Waals surface area contributed by atoms with Crippen LogP contribution >= 0.6 is 0 Å². The van der Waals surface area contributed by atoms with Gasteiger partial charge in [-0.3, -0.25) is 9.78 Å². The maximum Gasteiger partial charge on any atom is 0.254 e. The molecule has 6 nitrogen and oxygen atoms in total. The lowest BCUT2D eigenvalue weighted by molar-refractivity contribution is 0.0542. The predicted octanol–water partition coefficient (Wildman–Crippen LogP) is 3.40. The van der Waals surface area contributed by atoms with Crippen molar-refractivity contribution in [2.24, 2.45) is 0 Å². The SMILES string of the molecule is O=C(c1ccnc(-c2ccco2)c1)N1CCCC2c3nc[nH]c3CCC21. The van der Waals surface area contributed by atoms with Crippen LogP contribution < -0.4 is 0 Å². The van der Waals surface area contributed by atoms with Crippen molar-refractivity contribution >= 4 is 5.91 Å². The second-order valence-electron chi connectivity index (χ2n) is 7.03. The molecular weight excluding hydrogens is 328 g/mol. The number of nitrogens with one attached hydrogen (secondary N) is 1. The number of fused-ring (bicyclic) bond motifs is 3. The van der Waals surface area contributed by atoms with Crippen molar-refractivity contribution in [3.8, 4) is 11.5 Å². The second-order valence-corrected chi connectivity index (χ2v) is 7.03. The monoisotopic (exact) mass is 348 g/mol. The van der Waals surface area contributed by atoms with Gasteiger partial charge in [-0.1, -0.05) is 0 Å². The third-order valence-electron chi connectivity index (χ3n) is 5.61. The van der Waals surface area contributed by atoms with Crippen molar-refractivity contribution in [2.75, 3.05) is 6.54 Å². The number of piperidine rings is 1. The number of pyridine rings is 1. The van der Waals surface area contributed by atoms with Crippen LogP contribution in [0.5, 0.6) is 0 Å². The van der Waals surface area contributed by atoms with Gasteiger partial charge in [0.25, 0.3) is 5.91 Å². The highest BCUT2D eigenvalue weighted by atomic mass is 16.3. The van der Waals surface area contributed by atoms with Gasteiger partial charge in [-0.05, 0) is 49.9 Å². The number of aromatic amines is 1. The minimum absolute atomic E-state index is 0.0777. The number of imidazole rings is 1. The fraction of sp³-hybridized carbons (Fsp3) is 0.350. The number of likely N-dealkylation sites (tertiary alicyclic amines) is 1. The zero-order valence-electron chi connectivity index (χ0n) is 14.4. The number of hydrogen-bond acceptors (Lipinski definition) is 4. The molecule has 0 aromatic carbocycles. The standard InChI is InChI=1S/C20H20N4O2/c25-20(13-7-8-21-16(11-13)18-4-2-10-26-18)24-9-1-3-14-17(24)6-5-15-19(14)23-12-22-15/h2,4,7-8,10-12,14,17H,1,3,5-6,9H2,(H,22,23). The molecule has 1 aliphatic carbocycles. The highest BCUT2D eigenvalue weighted by Crippen LogP contribution is 2.39. The summed E-state index contributed by atoms with van der Waals surface area (Å²) in [7, 11) is 0. The molecule has 1 saturated heterocycles. The molecule has 1 aliphatic heterocycles.